The van der Waals surface area contributed by atoms with E-state index in [2.05, 4.69) is 69.5 Å². The van der Waals surface area contributed by atoms with Gasteiger partial charge in [0.15, 0.2) is 0 Å². The van der Waals surface area contributed by atoms with Crippen molar-refractivity contribution in [3.8, 4) is 28.3 Å². The first-order chi connectivity index (χ1) is 14.3. The van der Waals surface area contributed by atoms with Gasteiger partial charge >= 0.3 is 0 Å². The van der Waals surface area contributed by atoms with Gasteiger partial charge in [0.25, 0.3) is 0 Å². The number of rotatable bonds is 5. The molecule has 4 nitrogen and oxygen atoms in total. The van der Waals surface area contributed by atoms with Crippen molar-refractivity contribution >= 4 is 10.9 Å². The molecule has 5 rings (SSSR count). The average molecular weight is 379 g/mol. The standard InChI is InChI=1S/C25H21N3O/c1-2-29-20-13-14-23-21(15-20)25-22(17-28(23)16-18-9-5-3-6-10-18)24(26-27-25)19-11-7-4-8-12-19/h3-15,17H,2,16H2,1H3. The van der Waals surface area contributed by atoms with Crippen molar-refractivity contribution in [1.82, 2.24) is 14.8 Å². The lowest BCUT2D eigenvalue weighted by atomic mass is 10.0. The average Bonchev–Trinajstić information content (AvgIpc) is 3.19. The summed E-state index contributed by atoms with van der Waals surface area (Å²) in [4.78, 5) is 0. The molecular weight excluding hydrogens is 358 g/mol. The summed E-state index contributed by atoms with van der Waals surface area (Å²) in [6, 6.07) is 26.9. The van der Waals surface area contributed by atoms with Crippen LogP contribution in [0, 0.1) is 0 Å². The Morgan fingerprint density at radius 2 is 1.55 bits per heavy atom. The third kappa shape index (κ3) is 3.23. The molecule has 3 aromatic rings. The number of benzene rings is 3. The van der Waals surface area contributed by atoms with Crippen LogP contribution in [-0.4, -0.2) is 21.4 Å². The van der Waals surface area contributed by atoms with Gasteiger partial charge in [0.1, 0.15) is 17.1 Å². The molecule has 2 aliphatic rings. The Labute approximate surface area is 169 Å². The minimum atomic E-state index is 0.632. The van der Waals surface area contributed by atoms with E-state index in [1.165, 1.54) is 5.56 Å². The molecule has 0 amide bonds. The molecule has 0 unspecified atom stereocenters. The van der Waals surface area contributed by atoms with Crippen LogP contribution in [0.15, 0.2) is 85.1 Å². The van der Waals surface area contributed by atoms with E-state index in [0.717, 1.165) is 45.7 Å². The van der Waals surface area contributed by atoms with E-state index in [1.54, 1.807) is 0 Å². The van der Waals surface area contributed by atoms with Crippen LogP contribution in [0.2, 0.25) is 0 Å². The summed E-state index contributed by atoms with van der Waals surface area (Å²) >= 11 is 0. The summed E-state index contributed by atoms with van der Waals surface area (Å²) in [6.45, 7) is 3.41. The zero-order chi connectivity index (χ0) is 19.6. The highest BCUT2D eigenvalue weighted by Crippen LogP contribution is 2.37. The van der Waals surface area contributed by atoms with Crippen LogP contribution >= 0.6 is 0 Å². The number of pyridine rings is 1. The third-order valence-electron chi connectivity index (χ3n) is 5.13. The molecule has 2 aliphatic heterocycles. The number of ether oxygens (including phenoxy) is 1. The molecule has 0 fully saturated rings. The summed E-state index contributed by atoms with van der Waals surface area (Å²) in [5.74, 6) is 0.850. The van der Waals surface area contributed by atoms with E-state index in [4.69, 9.17) is 4.74 Å². The third-order valence-corrected chi connectivity index (χ3v) is 5.13. The van der Waals surface area contributed by atoms with Gasteiger partial charge in [-0.25, -0.2) is 0 Å². The SMILES string of the molecule is CCOc1ccc2c(c1)c1nnc(-c3ccccc3)c-1cn2Cc1ccccc1. The fourth-order valence-corrected chi connectivity index (χ4v) is 3.80. The summed E-state index contributed by atoms with van der Waals surface area (Å²) in [5, 5.41) is 10.1. The van der Waals surface area contributed by atoms with Crippen LogP contribution in [0.5, 0.6) is 5.75 Å². The highest BCUT2D eigenvalue weighted by Gasteiger charge is 2.20. The van der Waals surface area contributed by atoms with Crippen LogP contribution in [0.3, 0.4) is 0 Å². The predicted octanol–water partition coefficient (Wildman–Crippen LogP) is 5.65. The van der Waals surface area contributed by atoms with E-state index in [-0.39, 0.29) is 0 Å². The lowest BCUT2D eigenvalue weighted by Crippen LogP contribution is -2.04. The number of fused-ring (bicyclic) bond motifs is 3. The Morgan fingerprint density at radius 1 is 0.828 bits per heavy atom. The lowest BCUT2D eigenvalue weighted by molar-refractivity contribution is 0.340. The molecule has 0 bridgehead atoms. The van der Waals surface area contributed by atoms with E-state index < -0.39 is 0 Å². The maximum Gasteiger partial charge on any atom is 0.120 e. The summed E-state index contributed by atoms with van der Waals surface area (Å²) in [7, 11) is 0. The smallest absolute Gasteiger partial charge is 0.120 e. The molecule has 0 aromatic heterocycles. The maximum atomic E-state index is 5.76. The molecule has 0 aliphatic carbocycles. The Morgan fingerprint density at radius 3 is 2.31 bits per heavy atom. The number of hydrogen-bond donors (Lipinski definition) is 0. The Balaban J connectivity index is 1.74. The van der Waals surface area contributed by atoms with Crippen molar-refractivity contribution < 1.29 is 4.74 Å². The van der Waals surface area contributed by atoms with Crippen LogP contribution < -0.4 is 4.74 Å². The molecule has 2 heterocycles. The van der Waals surface area contributed by atoms with Gasteiger partial charge in [0, 0.05) is 29.3 Å². The molecule has 0 N–H and O–H groups in total. The van der Waals surface area contributed by atoms with Crippen LogP contribution in [0.1, 0.15) is 12.5 Å². The first-order valence-electron chi connectivity index (χ1n) is 9.85. The zero-order valence-electron chi connectivity index (χ0n) is 16.2. The number of nitrogens with zero attached hydrogens (tertiary/aromatic N) is 3. The molecular formula is C25H21N3O. The van der Waals surface area contributed by atoms with Crippen molar-refractivity contribution in [3.63, 3.8) is 0 Å². The Bertz CT molecular complexity index is 1230. The van der Waals surface area contributed by atoms with Crippen LogP contribution in [0.4, 0.5) is 0 Å². The molecule has 0 saturated carbocycles. The molecule has 0 atom stereocenters. The minimum absolute atomic E-state index is 0.632. The first-order valence-corrected chi connectivity index (χ1v) is 9.85. The second-order valence-electron chi connectivity index (χ2n) is 7.03. The molecule has 4 heteroatoms. The van der Waals surface area contributed by atoms with Crippen LogP contribution in [0.25, 0.3) is 33.4 Å². The van der Waals surface area contributed by atoms with Crippen molar-refractivity contribution in [3.05, 3.63) is 90.6 Å². The summed E-state index contributed by atoms with van der Waals surface area (Å²) < 4.78 is 8.03. The second-order valence-corrected chi connectivity index (χ2v) is 7.03. The van der Waals surface area contributed by atoms with Gasteiger partial charge in [0.05, 0.1) is 12.1 Å². The van der Waals surface area contributed by atoms with E-state index >= 15 is 0 Å². The topological polar surface area (TPSA) is 39.9 Å². The first kappa shape index (κ1) is 17.4. The van der Waals surface area contributed by atoms with E-state index in [1.807, 2.05) is 37.3 Å². The number of aromatic nitrogens is 3. The molecule has 3 aromatic carbocycles. The van der Waals surface area contributed by atoms with Gasteiger partial charge in [-0.1, -0.05) is 60.7 Å². The molecule has 0 radical (unpaired) electrons. The van der Waals surface area contributed by atoms with Crippen molar-refractivity contribution in [2.75, 3.05) is 6.61 Å². The quantitative estimate of drug-likeness (QED) is 0.396. The Kier molecular flexibility index (Phi) is 4.45. The normalized spacial score (nSPS) is 11.2. The van der Waals surface area contributed by atoms with Gasteiger partial charge in [-0.05, 0) is 30.7 Å². The van der Waals surface area contributed by atoms with Gasteiger partial charge in [0.2, 0.25) is 0 Å². The molecule has 0 saturated heterocycles. The van der Waals surface area contributed by atoms with Crippen molar-refractivity contribution in [1.29, 1.82) is 0 Å². The zero-order valence-corrected chi connectivity index (χ0v) is 16.2. The van der Waals surface area contributed by atoms with Gasteiger partial charge in [-0.2, -0.15) is 0 Å². The fourth-order valence-electron chi connectivity index (χ4n) is 3.80. The monoisotopic (exact) mass is 379 g/mol. The molecule has 142 valence electrons. The molecule has 0 spiro atoms. The van der Waals surface area contributed by atoms with E-state index in [0.29, 0.717) is 6.61 Å². The highest BCUT2D eigenvalue weighted by molar-refractivity contribution is 5.98. The minimum Gasteiger partial charge on any atom is -0.494 e. The van der Waals surface area contributed by atoms with Gasteiger partial charge in [-0.3, -0.25) is 0 Å². The van der Waals surface area contributed by atoms with Crippen LogP contribution in [-0.2, 0) is 6.54 Å². The lowest BCUT2D eigenvalue weighted by Gasteiger charge is -2.16. The number of hydrogen-bond acceptors (Lipinski definition) is 3. The van der Waals surface area contributed by atoms with Crippen molar-refractivity contribution in [2.24, 2.45) is 0 Å². The van der Waals surface area contributed by atoms with Gasteiger partial charge < -0.3 is 9.30 Å². The fraction of sp³-hybridized carbons (Fsp3) is 0.120. The van der Waals surface area contributed by atoms with Crippen molar-refractivity contribution in [2.45, 2.75) is 13.5 Å². The largest absolute Gasteiger partial charge is 0.494 e. The maximum absolute atomic E-state index is 5.76. The summed E-state index contributed by atoms with van der Waals surface area (Å²) in [6.07, 6.45) is 2.17. The second kappa shape index (κ2) is 7.40. The summed E-state index contributed by atoms with van der Waals surface area (Å²) in [5.41, 5.74) is 6.30. The highest BCUT2D eigenvalue weighted by atomic mass is 16.5. The Hall–Kier alpha value is -3.66. The van der Waals surface area contributed by atoms with Gasteiger partial charge in [-0.15, -0.1) is 10.2 Å². The van der Waals surface area contributed by atoms with E-state index in [9.17, 15) is 0 Å². The molecule has 29 heavy (non-hydrogen) atoms. The predicted molar refractivity (Wildman–Crippen MR) is 116 cm³/mol.